The van der Waals surface area contributed by atoms with Gasteiger partial charge in [0.2, 0.25) is 11.8 Å². The number of aromatic nitrogens is 1. The lowest BCUT2D eigenvalue weighted by Gasteiger charge is -2.17. The van der Waals surface area contributed by atoms with E-state index >= 15 is 0 Å². The number of nitrogens with zero attached hydrogens (tertiary/aromatic N) is 2. The molecule has 1 fully saturated rings. The van der Waals surface area contributed by atoms with Crippen molar-refractivity contribution < 1.29 is 22.4 Å². The zero-order valence-corrected chi connectivity index (χ0v) is 16.9. The predicted molar refractivity (Wildman–Crippen MR) is 108 cm³/mol. The van der Waals surface area contributed by atoms with Crippen molar-refractivity contribution >= 4 is 54.0 Å². The Labute approximate surface area is 170 Å². The van der Waals surface area contributed by atoms with Gasteiger partial charge in [0.05, 0.1) is 26.7 Å². The molecule has 0 aliphatic carbocycles. The zero-order valence-electron chi connectivity index (χ0n) is 15.3. The first kappa shape index (κ1) is 19.5. The lowest BCUT2D eigenvalue weighted by atomic mass is 10.1. The van der Waals surface area contributed by atoms with Gasteiger partial charge in [0.1, 0.15) is 5.82 Å². The van der Waals surface area contributed by atoms with Crippen LogP contribution in [0.1, 0.15) is 6.42 Å². The predicted octanol–water partition coefficient (Wildman–Crippen LogP) is 2.83. The van der Waals surface area contributed by atoms with Crippen LogP contribution in [-0.2, 0) is 19.4 Å². The molecule has 0 saturated carbocycles. The van der Waals surface area contributed by atoms with Crippen molar-refractivity contribution in [3.05, 3.63) is 48.3 Å². The molecule has 2 aromatic carbocycles. The number of halogens is 1. The minimum absolute atomic E-state index is 0.0245. The van der Waals surface area contributed by atoms with Crippen molar-refractivity contribution in [3.8, 4) is 0 Å². The summed E-state index contributed by atoms with van der Waals surface area (Å²) in [4.78, 5) is 30.6. The van der Waals surface area contributed by atoms with Crippen molar-refractivity contribution in [1.82, 2.24) is 4.98 Å². The first-order chi connectivity index (χ1) is 13.7. The lowest BCUT2D eigenvalue weighted by molar-refractivity contribution is -0.122. The van der Waals surface area contributed by atoms with Gasteiger partial charge in [-0.05, 0) is 30.3 Å². The fourth-order valence-corrected chi connectivity index (χ4v) is 4.81. The van der Waals surface area contributed by atoms with Gasteiger partial charge in [0.25, 0.3) is 0 Å². The third-order valence-corrected chi connectivity index (χ3v) is 6.70. The molecule has 2 amide bonds. The molecule has 0 unspecified atom stereocenters. The molecule has 1 aromatic heterocycles. The van der Waals surface area contributed by atoms with Gasteiger partial charge in [-0.3, -0.25) is 9.59 Å². The number of rotatable bonds is 4. The molecule has 1 atom stereocenters. The summed E-state index contributed by atoms with van der Waals surface area (Å²) in [6, 6.07) is 10.5. The summed E-state index contributed by atoms with van der Waals surface area (Å²) < 4.78 is 38.0. The van der Waals surface area contributed by atoms with Gasteiger partial charge in [0.15, 0.2) is 15.0 Å². The number of hydrogen-bond donors (Lipinski definition) is 1. The molecule has 1 aliphatic rings. The Morgan fingerprint density at radius 2 is 2.03 bits per heavy atom. The second-order valence-electron chi connectivity index (χ2n) is 6.77. The monoisotopic (exact) mass is 433 g/mol. The molecule has 0 bridgehead atoms. The van der Waals surface area contributed by atoms with E-state index in [4.69, 9.17) is 0 Å². The van der Waals surface area contributed by atoms with Crippen LogP contribution in [0.4, 0.5) is 15.2 Å². The summed E-state index contributed by atoms with van der Waals surface area (Å²) in [5.74, 6) is -1.87. The average Bonchev–Trinajstić information content (AvgIpc) is 3.23. The Bertz CT molecular complexity index is 1240. The number of anilines is 2. The topological polar surface area (TPSA) is 96.4 Å². The maximum absolute atomic E-state index is 14.0. The quantitative estimate of drug-likeness (QED) is 0.683. The summed E-state index contributed by atoms with van der Waals surface area (Å²) in [7, 11) is -3.35. The van der Waals surface area contributed by atoms with Crippen LogP contribution in [0.2, 0.25) is 0 Å². The number of benzene rings is 2. The Hall–Kier alpha value is -2.85. The SMILES string of the molecule is CS(=O)(=O)c1ccc2nc(NC(=O)[C@H]3CC(=O)N(c4ccccc4F)C3)sc2c1. The van der Waals surface area contributed by atoms with Crippen LogP contribution in [0, 0.1) is 11.7 Å². The van der Waals surface area contributed by atoms with Crippen LogP contribution in [0.15, 0.2) is 47.4 Å². The molecule has 29 heavy (non-hydrogen) atoms. The second-order valence-corrected chi connectivity index (χ2v) is 9.81. The van der Waals surface area contributed by atoms with Gasteiger partial charge < -0.3 is 10.2 Å². The highest BCUT2D eigenvalue weighted by molar-refractivity contribution is 7.90. The number of para-hydroxylation sites is 1. The fraction of sp³-hybridized carbons (Fsp3) is 0.211. The van der Waals surface area contributed by atoms with Gasteiger partial charge in [-0.2, -0.15) is 0 Å². The van der Waals surface area contributed by atoms with E-state index in [0.29, 0.717) is 15.3 Å². The van der Waals surface area contributed by atoms with Crippen LogP contribution >= 0.6 is 11.3 Å². The van der Waals surface area contributed by atoms with Crippen molar-refractivity contribution in [3.63, 3.8) is 0 Å². The van der Waals surface area contributed by atoms with E-state index in [1.165, 1.54) is 35.2 Å². The van der Waals surface area contributed by atoms with Gasteiger partial charge in [0, 0.05) is 19.2 Å². The summed E-state index contributed by atoms with van der Waals surface area (Å²) >= 11 is 1.15. The summed E-state index contributed by atoms with van der Waals surface area (Å²) in [5, 5.41) is 3.00. The highest BCUT2D eigenvalue weighted by Gasteiger charge is 2.36. The summed E-state index contributed by atoms with van der Waals surface area (Å²) in [6.45, 7) is 0.0781. The van der Waals surface area contributed by atoms with E-state index < -0.39 is 21.6 Å². The van der Waals surface area contributed by atoms with Gasteiger partial charge in [-0.1, -0.05) is 23.5 Å². The Kier molecular flexibility index (Phi) is 4.83. The molecule has 1 aliphatic heterocycles. The molecule has 4 rings (SSSR count). The van der Waals surface area contributed by atoms with E-state index in [1.807, 2.05) is 0 Å². The third-order valence-electron chi connectivity index (χ3n) is 4.66. The maximum atomic E-state index is 14.0. The van der Waals surface area contributed by atoms with Crippen LogP contribution in [0.5, 0.6) is 0 Å². The van der Waals surface area contributed by atoms with Gasteiger partial charge >= 0.3 is 0 Å². The number of carbonyl (C=O) groups is 2. The molecule has 2 heterocycles. The van der Waals surface area contributed by atoms with Crippen LogP contribution in [0.3, 0.4) is 0 Å². The van der Waals surface area contributed by atoms with E-state index in [-0.39, 0.29) is 35.4 Å². The van der Waals surface area contributed by atoms with Crippen molar-refractivity contribution in [2.24, 2.45) is 5.92 Å². The highest BCUT2D eigenvalue weighted by atomic mass is 32.2. The van der Waals surface area contributed by atoms with E-state index in [1.54, 1.807) is 12.1 Å². The molecule has 10 heteroatoms. The van der Waals surface area contributed by atoms with Gasteiger partial charge in [-0.25, -0.2) is 17.8 Å². The molecule has 3 aromatic rings. The maximum Gasteiger partial charge on any atom is 0.231 e. The molecular weight excluding hydrogens is 417 g/mol. The number of carbonyl (C=O) groups excluding carboxylic acids is 2. The molecule has 7 nitrogen and oxygen atoms in total. The number of nitrogens with one attached hydrogen (secondary N) is 1. The average molecular weight is 433 g/mol. The number of amides is 2. The Morgan fingerprint density at radius 1 is 1.28 bits per heavy atom. The third kappa shape index (κ3) is 3.85. The van der Waals surface area contributed by atoms with E-state index in [0.717, 1.165) is 17.6 Å². The van der Waals surface area contributed by atoms with E-state index in [9.17, 15) is 22.4 Å². The molecule has 1 N–H and O–H groups in total. The second kappa shape index (κ2) is 7.20. The lowest BCUT2D eigenvalue weighted by Crippen LogP contribution is -2.28. The molecule has 150 valence electrons. The normalized spacial score (nSPS) is 17.1. The Balaban J connectivity index is 1.51. The minimum Gasteiger partial charge on any atom is -0.309 e. The number of sulfone groups is 1. The molecule has 0 radical (unpaired) electrons. The zero-order chi connectivity index (χ0) is 20.8. The van der Waals surface area contributed by atoms with Crippen LogP contribution < -0.4 is 10.2 Å². The smallest absolute Gasteiger partial charge is 0.231 e. The number of thiazole rings is 1. The fourth-order valence-electron chi connectivity index (χ4n) is 3.18. The van der Waals surface area contributed by atoms with Crippen LogP contribution in [-0.4, -0.2) is 38.0 Å². The van der Waals surface area contributed by atoms with Gasteiger partial charge in [-0.15, -0.1) is 0 Å². The van der Waals surface area contributed by atoms with Crippen molar-refractivity contribution in [1.29, 1.82) is 0 Å². The van der Waals surface area contributed by atoms with Crippen molar-refractivity contribution in [2.75, 3.05) is 23.0 Å². The standard InChI is InChI=1S/C19H16FN3O4S2/c1-29(26,27)12-6-7-14-16(9-12)28-19(21-14)22-18(25)11-8-17(24)23(10-11)15-5-3-2-4-13(15)20/h2-7,9,11H,8,10H2,1H3,(H,21,22,25)/t11-/m0/s1. The molecule has 1 saturated heterocycles. The minimum atomic E-state index is -3.35. The van der Waals surface area contributed by atoms with Crippen LogP contribution in [0.25, 0.3) is 10.2 Å². The van der Waals surface area contributed by atoms with Crippen molar-refractivity contribution in [2.45, 2.75) is 11.3 Å². The summed E-state index contributed by atoms with van der Waals surface area (Å²) in [6.07, 6.45) is 1.10. The first-order valence-electron chi connectivity index (χ1n) is 8.69. The highest BCUT2D eigenvalue weighted by Crippen LogP contribution is 2.31. The van der Waals surface area contributed by atoms with E-state index in [2.05, 4.69) is 10.3 Å². The number of fused-ring (bicyclic) bond motifs is 1. The number of hydrogen-bond acceptors (Lipinski definition) is 6. The largest absolute Gasteiger partial charge is 0.309 e. The summed E-state index contributed by atoms with van der Waals surface area (Å²) in [5.41, 5.74) is 0.717. The molecule has 0 spiro atoms. The first-order valence-corrected chi connectivity index (χ1v) is 11.4. The Morgan fingerprint density at radius 3 is 2.76 bits per heavy atom. The molecular formula is C19H16FN3O4S2.